The molecule has 2 rings (SSSR count). The Kier molecular flexibility index (Phi) is 7.35. The summed E-state index contributed by atoms with van der Waals surface area (Å²) in [6.45, 7) is 4.09. The summed E-state index contributed by atoms with van der Waals surface area (Å²) in [6.07, 6.45) is 10.4. The first-order chi connectivity index (χ1) is 11.3. The molecule has 0 aromatic heterocycles. The molecule has 120 valence electrons. The zero-order chi connectivity index (χ0) is 16.3. The first kappa shape index (κ1) is 17.2. The quantitative estimate of drug-likeness (QED) is 0.595. The first-order valence-corrected chi connectivity index (χ1v) is 8.30. The Morgan fingerprint density at radius 2 is 1.09 bits per heavy atom. The smallest absolute Gasteiger partial charge is 0.0804 e. The standard InChI is InChI=1S/C22H26O/c1-3-11-21(17-19-13-7-5-8-14-19)23-22(12-4-2)18-20-15-9-6-10-16-20/h3-16,21-22H,17-18H2,1-2H3. The molecule has 0 bridgehead atoms. The second kappa shape index (κ2) is 9.81. The zero-order valence-electron chi connectivity index (χ0n) is 14.1. The molecular weight excluding hydrogens is 280 g/mol. The van der Waals surface area contributed by atoms with E-state index in [1.54, 1.807) is 0 Å². The summed E-state index contributed by atoms with van der Waals surface area (Å²) in [5.41, 5.74) is 2.60. The summed E-state index contributed by atoms with van der Waals surface area (Å²) in [5, 5.41) is 0. The lowest BCUT2D eigenvalue weighted by atomic mass is 10.1. The van der Waals surface area contributed by atoms with Gasteiger partial charge in [0.15, 0.2) is 0 Å². The maximum absolute atomic E-state index is 6.37. The second-order valence-corrected chi connectivity index (χ2v) is 5.64. The van der Waals surface area contributed by atoms with Crippen molar-refractivity contribution in [3.8, 4) is 0 Å². The van der Waals surface area contributed by atoms with Crippen LogP contribution in [-0.4, -0.2) is 12.2 Å². The minimum Gasteiger partial charge on any atom is -0.366 e. The van der Waals surface area contributed by atoms with Crippen LogP contribution in [0.15, 0.2) is 85.0 Å². The monoisotopic (exact) mass is 306 g/mol. The molecule has 23 heavy (non-hydrogen) atoms. The van der Waals surface area contributed by atoms with Gasteiger partial charge in [0.05, 0.1) is 12.2 Å². The summed E-state index contributed by atoms with van der Waals surface area (Å²) < 4.78 is 6.37. The number of hydrogen-bond donors (Lipinski definition) is 0. The molecule has 0 aliphatic heterocycles. The van der Waals surface area contributed by atoms with Crippen molar-refractivity contribution in [1.82, 2.24) is 0 Å². The largest absolute Gasteiger partial charge is 0.366 e. The third-order valence-electron chi connectivity index (χ3n) is 3.72. The van der Waals surface area contributed by atoms with Crippen LogP contribution in [0.25, 0.3) is 0 Å². The van der Waals surface area contributed by atoms with Crippen molar-refractivity contribution >= 4 is 0 Å². The summed E-state index contributed by atoms with van der Waals surface area (Å²) in [6, 6.07) is 21.0. The average molecular weight is 306 g/mol. The van der Waals surface area contributed by atoms with Gasteiger partial charge in [-0.05, 0) is 25.0 Å². The van der Waals surface area contributed by atoms with Crippen molar-refractivity contribution in [1.29, 1.82) is 0 Å². The van der Waals surface area contributed by atoms with Crippen LogP contribution in [0.3, 0.4) is 0 Å². The normalized spacial score (nSPS) is 14.3. The van der Waals surface area contributed by atoms with Crippen LogP contribution in [0.4, 0.5) is 0 Å². The summed E-state index contributed by atoms with van der Waals surface area (Å²) in [7, 11) is 0. The minimum atomic E-state index is 0.0901. The van der Waals surface area contributed by atoms with Gasteiger partial charge in [0, 0.05) is 12.8 Å². The van der Waals surface area contributed by atoms with Gasteiger partial charge in [-0.25, -0.2) is 0 Å². The van der Waals surface area contributed by atoms with Gasteiger partial charge >= 0.3 is 0 Å². The Morgan fingerprint density at radius 3 is 1.43 bits per heavy atom. The van der Waals surface area contributed by atoms with E-state index in [0.29, 0.717) is 0 Å². The van der Waals surface area contributed by atoms with Crippen LogP contribution in [0.1, 0.15) is 25.0 Å². The Balaban J connectivity index is 2.05. The van der Waals surface area contributed by atoms with E-state index in [2.05, 4.69) is 72.8 Å². The van der Waals surface area contributed by atoms with Crippen LogP contribution in [-0.2, 0) is 17.6 Å². The summed E-state index contributed by atoms with van der Waals surface area (Å²) in [4.78, 5) is 0. The molecule has 0 aliphatic rings. The molecule has 0 amide bonds. The molecule has 2 aromatic rings. The highest BCUT2D eigenvalue weighted by Gasteiger charge is 2.13. The number of rotatable bonds is 8. The molecule has 0 heterocycles. The molecule has 0 saturated carbocycles. The van der Waals surface area contributed by atoms with Gasteiger partial charge in [0.1, 0.15) is 0 Å². The molecule has 0 saturated heterocycles. The highest BCUT2D eigenvalue weighted by molar-refractivity contribution is 5.18. The second-order valence-electron chi connectivity index (χ2n) is 5.64. The van der Waals surface area contributed by atoms with Crippen LogP contribution in [0, 0.1) is 0 Å². The average Bonchev–Trinajstić information content (AvgIpc) is 2.57. The van der Waals surface area contributed by atoms with E-state index in [4.69, 9.17) is 4.74 Å². The van der Waals surface area contributed by atoms with E-state index in [1.807, 2.05) is 26.0 Å². The molecular formula is C22H26O. The van der Waals surface area contributed by atoms with Gasteiger partial charge in [-0.2, -0.15) is 0 Å². The van der Waals surface area contributed by atoms with Crippen molar-refractivity contribution < 1.29 is 4.74 Å². The summed E-state index contributed by atoms with van der Waals surface area (Å²) >= 11 is 0. The molecule has 0 fully saturated rings. The van der Waals surface area contributed by atoms with Crippen molar-refractivity contribution in [2.45, 2.75) is 38.9 Å². The molecule has 1 nitrogen and oxygen atoms in total. The third kappa shape index (κ3) is 6.25. The Bertz CT molecular complexity index is 543. The van der Waals surface area contributed by atoms with Crippen LogP contribution in [0.2, 0.25) is 0 Å². The predicted octanol–water partition coefficient (Wildman–Crippen LogP) is 5.38. The predicted molar refractivity (Wildman–Crippen MR) is 98.6 cm³/mol. The van der Waals surface area contributed by atoms with E-state index in [1.165, 1.54) is 11.1 Å². The van der Waals surface area contributed by atoms with Gasteiger partial charge in [-0.15, -0.1) is 0 Å². The van der Waals surface area contributed by atoms with Crippen molar-refractivity contribution in [3.05, 3.63) is 96.1 Å². The number of allylic oxidation sites excluding steroid dienone is 2. The van der Waals surface area contributed by atoms with E-state index in [9.17, 15) is 0 Å². The fourth-order valence-corrected chi connectivity index (χ4v) is 2.67. The van der Waals surface area contributed by atoms with Crippen molar-refractivity contribution in [3.63, 3.8) is 0 Å². The van der Waals surface area contributed by atoms with Gasteiger partial charge in [0.25, 0.3) is 0 Å². The molecule has 0 aliphatic carbocycles. The van der Waals surface area contributed by atoms with E-state index < -0.39 is 0 Å². The lowest BCUT2D eigenvalue weighted by molar-refractivity contribution is 0.0419. The Morgan fingerprint density at radius 1 is 0.696 bits per heavy atom. The highest BCUT2D eigenvalue weighted by Crippen LogP contribution is 2.14. The number of ether oxygens (including phenoxy) is 1. The highest BCUT2D eigenvalue weighted by atomic mass is 16.5. The van der Waals surface area contributed by atoms with Crippen LogP contribution < -0.4 is 0 Å². The molecule has 2 aromatic carbocycles. The minimum absolute atomic E-state index is 0.0901. The fraction of sp³-hybridized carbons (Fsp3) is 0.273. The Hall–Kier alpha value is -2.12. The van der Waals surface area contributed by atoms with Crippen molar-refractivity contribution in [2.24, 2.45) is 0 Å². The lowest BCUT2D eigenvalue weighted by Gasteiger charge is -2.21. The van der Waals surface area contributed by atoms with Gasteiger partial charge in [-0.3, -0.25) is 0 Å². The number of benzene rings is 2. The van der Waals surface area contributed by atoms with E-state index in [0.717, 1.165) is 12.8 Å². The van der Waals surface area contributed by atoms with Gasteiger partial charge < -0.3 is 4.74 Å². The van der Waals surface area contributed by atoms with E-state index >= 15 is 0 Å². The first-order valence-electron chi connectivity index (χ1n) is 8.30. The number of hydrogen-bond acceptors (Lipinski definition) is 1. The molecule has 0 radical (unpaired) electrons. The topological polar surface area (TPSA) is 9.23 Å². The molecule has 0 N–H and O–H groups in total. The maximum atomic E-state index is 6.37. The summed E-state index contributed by atoms with van der Waals surface area (Å²) in [5.74, 6) is 0. The van der Waals surface area contributed by atoms with Crippen LogP contribution in [0.5, 0.6) is 0 Å². The molecule has 2 atom stereocenters. The van der Waals surface area contributed by atoms with Gasteiger partial charge in [0.2, 0.25) is 0 Å². The SMILES string of the molecule is CC=CC(Cc1ccccc1)OC(C=CC)Cc1ccccc1. The molecule has 0 spiro atoms. The molecule has 2 unspecified atom stereocenters. The van der Waals surface area contributed by atoms with Crippen LogP contribution >= 0.6 is 0 Å². The van der Waals surface area contributed by atoms with Crippen molar-refractivity contribution in [2.75, 3.05) is 0 Å². The lowest BCUT2D eigenvalue weighted by Crippen LogP contribution is -2.23. The third-order valence-corrected chi connectivity index (χ3v) is 3.72. The Labute approximate surface area is 140 Å². The van der Waals surface area contributed by atoms with Gasteiger partial charge in [-0.1, -0.05) is 85.0 Å². The zero-order valence-corrected chi connectivity index (χ0v) is 14.1. The maximum Gasteiger partial charge on any atom is 0.0804 e. The molecule has 1 heteroatoms. The van der Waals surface area contributed by atoms with E-state index in [-0.39, 0.29) is 12.2 Å². The fourth-order valence-electron chi connectivity index (χ4n) is 2.67.